The highest BCUT2D eigenvalue weighted by Crippen LogP contribution is 2.47. The number of hydrogen-bond acceptors (Lipinski definition) is 2. The summed E-state index contributed by atoms with van der Waals surface area (Å²) in [6.45, 7) is 4.05. The molecule has 24 heavy (non-hydrogen) atoms. The van der Waals surface area contributed by atoms with Crippen molar-refractivity contribution in [3.63, 3.8) is 0 Å². The third-order valence-corrected chi connectivity index (χ3v) is 6.15. The summed E-state index contributed by atoms with van der Waals surface area (Å²) >= 11 is 0. The van der Waals surface area contributed by atoms with Crippen LogP contribution in [0.15, 0.2) is 24.3 Å². The molecule has 0 spiro atoms. The van der Waals surface area contributed by atoms with Gasteiger partial charge in [0.05, 0.1) is 5.54 Å². The molecule has 1 fully saturated rings. The Morgan fingerprint density at radius 3 is 2.38 bits per heavy atom. The van der Waals surface area contributed by atoms with E-state index in [9.17, 15) is 14.7 Å². The zero-order valence-corrected chi connectivity index (χ0v) is 14.6. The predicted octanol–water partition coefficient (Wildman–Crippen LogP) is 4.20. The van der Waals surface area contributed by atoms with E-state index in [1.54, 1.807) is 6.07 Å². The minimum absolute atomic E-state index is 0.0266. The molecule has 0 bridgehead atoms. The van der Waals surface area contributed by atoms with Crippen LogP contribution in [0.3, 0.4) is 0 Å². The zero-order chi connectivity index (χ0) is 17.3. The number of rotatable bonds is 4. The van der Waals surface area contributed by atoms with E-state index in [1.165, 1.54) is 6.42 Å². The van der Waals surface area contributed by atoms with Gasteiger partial charge in [-0.15, -0.1) is 0 Å². The Bertz CT molecular complexity index is 630. The average molecular weight is 329 g/mol. The first-order valence-corrected chi connectivity index (χ1v) is 9.22. The van der Waals surface area contributed by atoms with Gasteiger partial charge in [0.25, 0.3) is 5.91 Å². The fourth-order valence-corrected chi connectivity index (χ4v) is 4.93. The van der Waals surface area contributed by atoms with E-state index >= 15 is 0 Å². The van der Waals surface area contributed by atoms with Gasteiger partial charge in [0, 0.05) is 11.6 Å². The topological polar surface area (TPSA) is 57.6 Å². The van der Waals surface area contributed by atoms with Crippen LogP contribution >= 0.6 is 0 Å². The Kier molecular flexibility index (Phi) is 4.66. The summed E-state index contributed by atoms with van der Waals surface area (Å²) in [4.78, 5) is 27.6. The van der Waals surface area contributed by atoms with Crippen molar-refractivity contribution < 1.29 is 14.7 Å². The smallest absolute Gasteiger partial charge is 0.313 e. The molecule has 1 aliphatic heterocycles. The monoisotopic (exact) mass is 329 g/mol. The van der Waals surface area contributed by atoms with Gasteiger partial charge < -0.3 is 10.0 Å². The van der Waals surface area contributed by atoms with Crippen LogP contribution in [0, 0.1) is 0 Å². The number of aliphatic carboxylic acids is 1. The fraction of sp³-hybridized carbons (Fsp3) is 0.600. The van der Waals surface area contributed by atoms with Crippen LogP contribution < -0.4 is 0 Å². The summed E-state index contributed by atoms with van der Waals surface area (Å²) in [5, 5.41) is 10.0. The van der Waals surface area contributed by atoms with Gasteiger partial charge in [0.1, 0.15) is 5.92 Å². The van der Waals surface area contributed by atoms with E-state index in [4.69, 9.17) is 0 Å². The van der Waals surface area contributed by atoms with E-state index in [0.717, 1.165) is 25.7 Å². The standard InChI is InChI=1S/C20H27NO3/c1-3-20(4-2)17(19(23)24)15-12-8-9-13-16(15)18(22)21(20)14-10-6-5-7-11-14/h8-9,12-14,17H,3-7,10-11H2,1-2H3,(H,23,24). The molecule has 1 N–H and O–H groups in total. The molecule has 0 aromatic heterocycles. The lowest BCUT2D eigenvalue weighted by atomic mass is 9.68. The molecule has 1 atom stereocenters. The summed E-state index contributed by atoms with van der Waals surface area (Å²) in [5.41, 5.74) is 0.637. The lowest BCUT2D eigenvalue weighted by molar-refractivity contribution is -0.144. The maximum atomic E-state index is 13.4. The van der Waals surface area contributed by atoms with Gasteiger partial charge in [-0.05, 0) is 37.3 Å². The second kappa shape index (κ2) is 6.58. The Morgan fingerprint density at radius 1 is 1.17 bits per heavy atom. The van der Waals surface area contributed by atoms with Crippen molar-refractivity contribution in [3.8, 4) is 0 Å². The van der Waals surface area contributed by atoms with Crippen LogP contribution in [0.25, 0.3) is 0 Å². The van der Waals surface area contributed by atoms with Crippen molar-refractivity contribution in [2.24, 2.45) is 0 Å². The number of carbonyl (C=O) groups is 2. The van der Waals surface area contributed by atoms with Crippen LogP contribution in [0.5, 0.6) is 0 Å². The van der Waals surface area contributed by atoms with Crippen LogP contribution in [0.2, 0.25) is 0 Å². The van der Waals surface area contributed by atoms with Crippen molar-refractivity contribution in [1.29, 1.82) is 0 Å². The molecule has 1 heterocycles. The third kappa shape index (κ3) is 2.43. The van der Waals surface area contributed by atoms with E-state index in [2.05, 4.69) is 0 Å². The largest absolute Gasteiger partial charge is 0.481 e. The highest BCUT2D eigenvalue weighted by molar-refractivity contribution is 6.01. The average Bonchev–Trinajstić information content (AvgIpc) is 2.61. The summed E-state index contributed by atoms with van der Waals surface area (Å²) in [6, 6.07) is 7.46. The maximum absolute atomic E-state index is 13.4. The molecule has 4 nitrogen and oxygen atoms in total. The van der Waals surface area contributed by atoms with E-state index in [0.29, 0.717) is 24.0 Å². The maximum Gasteiger partial charge on any atom is 0.313 e. The number of hydrogen-bond donors (Lipinski definition) is 1. The summed E-state index contributed by atoms with van der Waals surface area (Å²) in [7, 11) is 0. The van der Waals surface area contributed by atoms with Crippen molar-refractivity contribution in [1.82, 2.24) is 4.90 Å². The molecule has 4 heteroatoms. The van der Waals surface area contributed by atoms with Crippen LogP contribution in [-0.2, 0) is 4.79 Å². The number of carboxylic acids is 1. The molecule has 1 unspecified atom stereocenters. The van der Waals surface area contributed by atoms with Crippen LogP contribution in [0.1, 0.15) is 80.6 Å². The number of nitrogens with zero attached hydrogens (tertiary/aromatic N) is 1. The van der Waals surface area contributed by atoms with Gasteiger partial charge >= 0.3 is 5.97 Å². The quantitative estimate of drug-likeness (QED) is 0.900. The summed E-state index contributed by atoms with van der Waals surface area (Å²) in [5.74, 6) is -1.44. The normalized spacial score (nSPS) is 23.8. The molecule has 1 saturated carbocycles. The Labute approximate surface area is 143 Å². The van der Waals surface area contributed by atoms with Crippen LogP contribution in [-0.4, -0.2) is 33.5 Å². The van der Waals surface area contributed by atoms with E-state index < -0.39 is 17.4 Å². The molecule has 130 valence electrons. The molecule has 1 aliphatic carbocycles. The highest BCUT2D eigenvalue weighted by Gasteiger charge is 2.54. The van der Waals surface area contributed by atoms with Crippen molar-refractivity contribution in [2.45, 2.75) is 76.3 Å². The Morgan fingerprint density at radius 2 is 1.79 bits per heavy atom. The predicted molar refractivity (Wildman–Crippen MR) is 93.2 cm³/mol. The fourth-order valence-electron chi connectivity index (χ4n) is 4.93. The molecule has 0 radical (unpaired) electrons. The Balaban J connectivity index is 2.19. The van der Waals surface area contributed by atoms with Gasteiger partial charge in [0.15, 0.2) is 0 Å². The van der Waals surface area contributed by atoms with Gasteiger partial charge in [0.2, 0.25) is 0 Å². The molecular weight excluding hydrogens is 302 g/mol. The highest BCUT2D eigenvalue weighted by atomic mass is 16.4. The number of fused-ring (bicyclic) bond motifs is 1. The number of carboxylic acid groups (broad SMARTS) is 1. The molecule has 1 aromatic rings. The first-order chi connectivity index (χ1) is 11.6. The Hall–Kier alpha value is -1.84. The molecular formula is C20H27NO3. The number of amides is 1. The van der Waals surface area contributed by atoms with Gasteiger partial charge in [-0.25, -0.2) is 0 Å². The second-order valence-corrected chi connectivity index (χ2v) is 7.14. The van der Waals surface area contributed by atoms with Crippen molar-refractivity contribution >= 4 is 11.9 Å². The molecule has 3 rings (SSSR count). The van der Waals surface area contributed by atoms with Crippen LogP contribution in [0.4, 0.5) is 0 Å². The number of benzene rings is 1. The SMILES string of the molecule is CCC1(CC)C(C(=O)O)c2ccccc2C(=O)N1C1CCCCC1. The molecule has 2 aliphatic rings. The molecule has 0 saturated heterocycles. The first-order valence-electron chi connectivity index (χ1n) is 9.22. The first kappa shape index (κ1) is 17.0. The minimum atomic E-state index is -0.820. The third-order valence-electron chi connectivity index (χ3n) is 6.15. The molecule has 1 aromatic carbocycles. The van der Waals surface area contributed by atoms with Gasteiger partial charge in [-0.1, -0.05) is 51.3 Å². The summed E-state index contributed by atoms with van der Waals surface area (Å²) < 4.78 is 0. The lowest BCUT2D eigenvalue weighted by Gasteiger charge is -2.54. The van der Waals surface area contributed by atoms with Crippen molar-refractivity contribution in [3.05, 3.63) is 35.4 Å². The summed E-state index contributed by atoms with van der Waals surface area (Å²) in [6.07, 6.45) is 6.76. The van der Waals surface area contributed by atoms with Gasteiger partial charge in [-0.3, -0.25) is 9.59 Å². The molecule has 1 amide bonds. The van der Waals surface area contributed by atoms with Gasteiger partial charge in [-0.2, -0.15) is 0 Å². The zero-order valence-electron chi connectivity index (χ0n) is 14.6. The van der Waals surface area contributed by atoms with Crippen molar-refractivity contribution in [2.75, 3.05) is 0 Å². The lowest BCUT2D eigenvalue weighted by Crippen LogP contribution is -2.63. The van der Waals surface area contributed by atoms with E-state index in [1.807, 2.05) is 36.9 Å². The van der Waals surface area contributed by atoms with E-state index in [-0.39, 0.29) is 11.9 Å². The second-order valence-electron chi connectivity index (χ2n) is 7.14. The minimum Gasteiger partial charge on any atom is -0.481 e. The number of carbonyl (C=O) groups excluding carboxylic acids is 1.